The van der Waals surface area contributed by atoms with E-state index >= 15 is 0 Å². The quantitative estimate of drug-likeness (QED) is 0.731. The van der Waals surface area contributed by atoms with Crippen LogP contribution in [0, 0.1) is 11.3 Å². The van der Waals surface area contributed by atoms with E-state index in [0.717, 1.165) is 18.5 Å². The van der Waals surface area contributed by atoms with Gasteiger partial charge in [-0.25, -0.2) is 0 Å². The van der Waals surface area contributed by atoms with Gasteiger partial charge in [-0.15, -0.1) is 0 Å². The SMILES string of the molecule is CCC1CC1NCC1(CO)CCCCC1. The van der Waals surface area contributed by atoms with Crippen molar-refractivity contribution in [2.75, 3.05) is 13.2 Å². The second kappa shape index (κ2) is 4.84. The van der Waals surface area contributed by atoms with Gasteiger partial charge in [0.2, 0.25) is 0 Å². The minimum absolute atomic E-state index is 0.221. The first-order valence-corrected chi connectivity index (χ1v) is 6.64. The fourth-order valence-electron chi connectivity index (χ4n) is 2.99. The number of hydrogen-bond acceptors (Lipinski definition) is 2. The largest absolute Gasteiger partial charge is 0.396 e. The van der Waals surface area contributed by atoms with Crippen molar-refractivity contribution < 1.29 is 5.11 Å². The van der Waals surface area contributed by atoms with Gasteiger partial charge in [0, 0.05) is 24.6 Å². The maximum absolute atomic E-state index is 9.56. The lowest BCUT2D eigenvalue weighted by atomic mass is 9.74. The summed E-state index contributed by atoms with van der Waals surface area (Å²) < 4.78 is 0. The van der Waals surface area contributed by atoms with Crippen LogP contribution in [-0.2, 0) is 0 Å². The molecule has 2 N–H and O–H groups in total. The third kappa shape index (κ3) is 2.73. The molecule has 15 heavy (non-hydrogen) atoms. The Morgan fingerprint density at radius 2 is 2.00 bits per heavy atom. The van der Waals surface area contributed by atoms with E-state index in [4.69, 9.17) is 0 Å². The summed E-state index contributed by atoms with van der Waals surface area (Å²) >= 11 is 0. The van der Waals surface area contributed by atoms with Crippen molar-refractivity contribution in [3.8, 4) is 0 Å². The van der Waals surface area contributed by atoms with Gasteiger partial charge in [-0.3, -0.25) is 0 Å². The summed E-state index contributed by atoms with van der Waals surface area (Å²) in [6, 6.07) is 0.764. The average molecular weight is 211 g/mol. The second-order valence-corrected chi connectivity index (χ2v) is 5.61. The van der Waals surface area contributed by atoms with Crippen LogP contribution < -0.4 is 5.32 Å². The van der Waals surface area contributed by atoms with Gasteiger partial charge in [0.15, 0.2) is 0 Å². The highest BCUT2D eigenvalue weighted by atomic mass is 16.3. The normalized spacial score (nSPS) is 34.0. The number of rotatable bonds is 5. The predicted molar refractivity (Wildman–Crippen MR) is 62.8 cm³/mol. The van der Waals surface area contributed by atoms with Gasteiger partial charge in [-0.2, -0.15) is 0 Å². The van der Waals surface area contributed by atoms with Gasteiger partial charge >= 0.3 is 0 Å². The van der Waals surface area contributed by atoms with Crippen LogP contribution in [0.2, 0.25) is 0 Å². The fraction of sp³-hybridized carbons (Fsp3) is 1.00. The summed E-state index contributed by atoms with van der Waals surface area (Å²) in [5, 5.41) is 13.2. The number of aliphatic hydroxyl groups is 1. The molecule has 2 nitrogen and oxygen atoms in total. The number of nitrogens with one attached hydrogen (secondary N) is 1. The van der Waals surface area contributed by atoms with Crippen LogP contribution in [0.1, 0.15) is 51.9 Å². The zero-order chi connectivity index (χ0) is 10.7. The minimum Gasteiger partial charge on any atom is -0.396 e. The van der Waals surface area contributed by atoms with Crippen LogP contribution >= 0.6 is 0 Å². The maximum atomic E-state index is 9.56. The monoisotopic (exact) mass is 211 g/mol. The van der Waals surface area contributed by atoms with E-state index in [2.05, 4.69) is 12.2 Å². The molecule has 2 aliphatic carbocycles. The molecule has 0 aliphatic heterocycles. The molecule has 0 saturated heterocycles. The molecule has 0 amide bonds. The first-order valence-electron chi connectivity index (χ1n) is 6.64. The molecular weight excluding hydrogens is 186 g/mol. The molecule has 2 heteroatoms. The molecule has 0 aromatic rings. The van der Waals surface area contributed by atoms with Gasteiger partial charge in [0.1, 0.15) is 0 Å². The Balaban J connectivity index is 1.75. The Morgan fingerprint density at radius 3 is 2.53 bits per heavy atom. The van der Waals surface area contributed by atoms with Crippen LogP contribution in [0.4, 0.5) is 0 Å². The van der Waals surface area contributed by atoms with E-state index in [1.165, 1.54) is 44.9 Å². The molecule has 0 bridgehead atoms. The van der Waals surface area contributed by atoms with E-state index < -0.39 is 0 Å². The number of aliphatic hydroxyl groups excluding tert-OH is 1. The zero-order valence-corrected chi connectivity index (χ0v) is 9.97. The summed E-state index contributed by atoms with van der Waals surface area (Å²) in [6.07, 6.45) is 9.10. The van der Waals surface area contributed by atoms with Crippen LogP contribution in [0.25, 0.3) is 0 Å². The van der Waals surface area contributed by atoms with Crippen LogP contribution in [-0.4, -0.2) is 24.3 Å². The van der Waals surface area contributed by atoms with E-state index in [9.17, 15) is 5.11 Å². The Labute approximate surface area is 93.5 Å². The zero-order valence-electron chi connectivity index (χ0n) is 9.97. The molecule has 0 spiro atoms. The molecule has 2 saturated carbocycles. The highest BCUT2D eigenvalue weighted by molar-refractivity contribution is 4.94. The van der Waals surface area contributed by atoms with Crippen molar-refractivity contribution in [1.82, 2.24) is 5.32 Å². The summed E-state index contributed by atoms with van der Waals surface area (Å²) in [7, 11) is 0. The fourth-order valence-corrected chi connectivity index (χ4v) is 2.99. The van der Waals surface area contributed by atoms with Gasteiger partial charge in [0.25, 0.3) is 0 Å². The molecule has 2 atom stereocenters. The Hall–Kier alpha value is -0.0800. The lowest BCUT2D eigenvalue weighted by Gasteiger charge is -2.36. The Bertz CT molecular complexity index is 199. The van der Waals surface area contributed by atoms with Crippen molar-refractivity contribution in [2.24, 2.45) is 11.3 Å². The molecule has 2 fully saturated rings. The van der Waals surface area contributed by atoms with Crippen molar-refractivity contribution >= 4 is 0 Å². The summed E-state index contributed by atoms with van der Waals surface area (Å²) in [6.45, 7) is 3.70. The van der Waals surface area contributed by atoms with Crippen molar-refractivity contribution in [1.29, 1.82) is 0 Å². The van der Waals surface area contributed by atoms with Crippen molar-refractivity contribution in [3.63, 3.8) is 0 Å². The lowest BCUT2D eigenvalue weighted by molar-refractivity contribution is 0.0806. The van der Waals surface area contributed by atoms with E-state index in [1.807, 2.05) is 0 Å². The van der Waals surface area contributed by atoms with Gasteiger partial charge in [-0.05, 0) is 25.2 Å². The molecule has 2 rings (SSSR count). The van der Waals surface area contributed by atoms with Crippen molar-refractivity contribution in [2.45, 2.75) is 57.9 Å². The molecule has 2 aliphatic rings. The molecule has 88 valence electrons. The first kappa shape index (κ1) is 11.4. The summed E-state index contributed by atoms with van der Waals surface area (Å²) in [4.78, 5) is 0. The van der Waals surface area contributed by atoms with Gasteiger partial charge < -0.3 is 10.4 Å². The van der Waals surface area contributed by atoms with Crippen LogP contribution in [0.15, 0.2) is 0 Å². The standard InChI is InChI=1S/C13H25NO/c1-2-11-8-12(11)14-9-13(10-15)6-4-3-5-7-13/h11-12,14-15H,2-10H2,1H3. The van der Waals surface area contributed by atoms with E-state index in [1.54, 1.807) is 0 Å². The smallest absolute Gasteiger partial charge is 0.0499 e. The maximum Gasteiger partial charge on any atom is 0.0499 e. The average Bonchev–Trinajstić information content (AvgIpc) is 3.06. The van der Waals surface area contributed by atoms with Gasteiger partial charge in [-0.1, -0.05) is 32.6 Å². The van der Waals surface area contributed by atoms with Crippen LogP contribution in [0.3, 0.4) is 0 Å². The third-order valence-corrected chi connectivity index (χ3v) is 4.44. The Morgan fingerprint density at radius 1 is 1.27 bits per heavy atom. The van der Waals surface area contributed by atoms with Crippen LogP contribution in [0.5, 0.6) is 0 Å². The second-order valence-electron chi connectivity index (χ2n) is 5.61. The van der Waals surface area contributed by atoms with Gasteiger partial charge in [0.05, 0.1) is 0 Å². The molecule has 0 heterocycles. The first-order chi connectivity index (χ1) is 7.29. The summed E-state index contributed by atoms with van der Waals surface area (Å²) in [5.74, 6) is 0.921. The molecule has 0 aromatic carbocycles. The highest BCUT2D eigenvalue weighted by Crippen LogP contribution is 2.38. The van der Waals surface area contributed by atoms with Crippen molar-refractivity contribution in [3.05, 3.63) is 0 Å². The molecular formula is C13H25NO. The third-order valence-electron chi connectivity index (χ3n) is 4.44. The summed E-state index contributed by atoms with van der Waals surface area (Å²) in [5.41, 5.74) is 0.221. The van der Waals surface area contributed by atoms with E-state index in [-0.39, 0.29) is 5.41 Å². The number of hydrogen-bond donors (Lipinski definition) is 2. The topological polar surface area (TPSA) is 32.3 Å². The molecule has 2 unspecified atom stereocenters. The predicted octanol–water partition coefficient (Wildman–Crippen LogP) is 2.32. The lowest BCUT2D eigenvalue weighted by Crippen LogP contribution is -2.40. The Kier molecular flexibility index (Phi) is 3.68. The minimum atomic E-state index is 0.221. The molecule has 0 radical (unpaired) electrons. The highest BCUT2D eigenvalue weighted by Gasteiger charge is 2.38. The van der Waals surface area contributed by atoms with E-state index in [0.29, 0.717) is 6.61 Å². The molecule has 0 aromatic heterocycles.